The topological polar surface area (TPSA) is 51.2 Å². The number of alkyl halides is 3. The second kappa shape index (κ2) is 12.1. The minimum absolute atomic E-state index is 0. The van der Waals surface area contributed by atoms with Gasteiger partial charge in [0.1, 0.15) is 6.54 Å². The predicted octanol–water partition coefficient (Wildman–Crippen LogP) is 2.66. The molecule has 1 aromatic carbocycles. The Labute approximate surface area is 192 Å². The van der Waals surface area contributed by atoms with Gasteiger partial charge in [0.2, 0.25) is 5.91 Å². The van der Waals surface area contributed by atoms with Gasteiger partial charge in [-0.2, -0.15) is 13.2 Å². The molecule has 6 nitrogen and oxygen atoms in total. The van der Waals surface area contributed by atoms with E-state index in [0.717, 1.165) is 6.07 Å². The molecule has 1 amide bonds. The van der Waals surface area contributed by atoms with Crippen molar-refractivity contribution in [2.45, 2.75) is 12.7 Å². The number of halogens is 4. The molecular formula is C20H29F3IN5O. The lowest BCUT2D eigenvalue weighted by molar-refractivity contribution is -0.137. The number of likely N-dealkylation sites (N-methyl/N-ethyl adjacent to an activating group) is 1. The fraction of sp³-hybridized carbons (Fsp3) is 0.500. The van der Waals surface area contributed by atoms with E-state index < -0.39 is 11.7 Å². The summed E-state index contributed by atoms with van der Waals surface area (Å²) in [6.45, 7) is 7.43. The predicted molar refractivity (Wildman–Crippen MR) is 123 cm³/mol. The van der Waals surface area contributed by atoms with Gasteiger partial charge in [0, 0.05) is 53.4 Å². The molecule has 30 heavy (non-hydrogen) atoms. The molecular weight excluding hydrogens is 510 g/mol. The van der Waals surface area contributed by atoms with Crippen LogP contribution in [0.3, 0.4) is 0 Å². The van der Waals surface area contributed by atoms with E-state index in [-0.39, 0.29) is 36.4 Å². The van der Waals surface area contributed by atoms with Crippen molar-refractivity contribution < 1.29 is 18.0 Å². The van der Waals surface area contributed by atoms with E-state index in [1.54, 1.807) is 26.2 Å². The van der Waals surface area contributed by atoms with Gasteiger partial charge in [-0.15, -0.1) is 30.6 Å². The van der Waals surface area contributed by atoms with Crippen LogP contribution in [0.4, 0.5) is 13.2 Å². The van der Waals surface area contributed by atoms with Gasteiger partial charge in [0.25, 0.3) is 0 Å². The third-order valence-electron chi connectivity index (χ3n) is 4.60. The molecule has 0 saturated carbocycles. The molecule has 0 aromatic heterocycles. The van der Waals surface area contributed by atoms with Crippen molar-refractivity contribution in [1.29, 1.82) is 0 Å². The van der Waals surface area contributed by atoms with Crippen molar-refractivity contribution in [2.75, 3.05) is 53.4 Å². The molecule has 0 unspecified atom stereocenters. The molecule has 1 aromatic rings. The highest BCUT2D eigenvalue weighted by molar-refractivity contribution is 14.0. The number of guanidine groups is 1. The highest BCUT2D eigenvalue weighted by atomic mass is 127. The van der Waals surface area contributed by atoms with Crippen LogP contribution in [0, 0.1) is 0 Å². The summed E-state index contributed by atoms with van der Waals surface area (Å²) >= 11 is 0. The largest absolute Gasteiger partial charge is 0.416 e. The Hall–Kier alpha value is -1.82. The standard InChI is InChI=1S/C20H28F3N5O.HI/c1-4-8-24-19(25-14-18(29)26(2)3)28-11-9-27(10-12-28)15-16-6-5-7-17(13-16)20(21,22)23;/h4-7,13H,1,8-12,14-15H2,2-3H3,(H,24,25);1H. The van der Waals surface area contributed by atoms with Gasteiger partial charge in [-0.25, -0.2) is 4.99 Å². The Balaban J connectivity index is 0.00000450. The molecule has 1 saturated heterocycles. The number of piperazine rings is 1. The van der Waals surface area contributed by atoms with Crippen molar-refractivity contribution >= 4 is 35.8 Å². The number of amides is 1. The van der Waals surface area contributed by atoms with E-state index in [2.05, 4.69) is 26.7 Å². The maximum atomic E-state index is 12.9. The highest BCUT2D eigenvalue weighted by Gasteiger charge is 2.30. The van der Waals surface area contributed by atoms with Gasteiger partial charge in [0.05, 0.1) is 5.56 Å². The fourth-order valence-corrected chi connectivity index (χ4v) is 2.94. The summed E-state index contributed by atoms with van der Waals surface area (Å²) in [5.41, 5.74) is 0.0192. The SMILES string of the molecule is C=CCNC(=NCC(=O)N(C)C)N1CCN(Cc2cccc(C(F)(F)F)c2)CC1.I. The summed E-state index contributed by atoms with van der Waals surface area (Å²) < 4.78 is 38.7. The molecule has 1 heterocycles. The Morgan fingerprint density at radius 2 is 1.93 bits per heavy atom. The van der Waals surface area contributed by atoms with Crippen LogP contribution in [0.25, 0.3) is 0 Å². The number of benzene rings is 1. The number of hydrogen-bond acceptors (Lipinski definition) is 3. The zero-order valence-electron chi connectivity index (χ0n) is 17.3. The first-order valence-corrected chi connectivity index (χ1v) is 9.43. The summed E-state index contributed by atoms with van der Waals surface area (Å²) in [5, 5.41) is 3.17. The molecule has 168 valence electrons. The van der Waals surface area contributed by atoms with Crippen molar-refractivity contribution in [3.05, 3.63) is 48.0 Å². The van der Waals surface area contributed by atoms with Crippen LogP contribution < -0.4 is 5.32 Å². The van der Waals surface area contributed by atoms with Crippen molar-refractivity contribution in [3.63, 3.8) is 0 Å². The summed E-state index contributed by atoms with van der Waals surface area (Å²) in [6.07, 6.45) is -2.62. The third-order valence-corrected chi connectivity index (χ3v) is 4.60. The number of hydrogen-bond donors (Lipinski definition) is 1. The fourth-order valence-electron chi connectivity index (χ4n) is 2.94. The molecule has 10 heteroatoms. The zero-order valence-corrected chi connectivity index (χ0v) is 19.6. The normalized spacial score (nSPS) is 15.4. The van der Waals surface area contributed by atoms with Crippen LogP contribution in [-0.4, -0.2) is 79.9 Å². The van der Waals surface area contributed by atoms with Gasteiger partial charge in [-0.05, 0) is 11.6 Å². The van der Waals surface area contributed by atoms with Crippen molar-refractivity contribution in [2.24, 2.45) is 4.99 Å². The summed E-state index contributed by atoms with van der Waals surface area (Å²) in [5.74, 6) is 0.546. The molecule has 1 aliphatic rings. The maximum absolute atomic E-state index is 12.9. The maximum Gasteiger partial charge on any atom is 0.416 e. The van der Waals surface area contributed by atoms with Crippen LogP contribution in [0.2, 0.25) is 0 Å². The highest BCUT2D eigenvalue weighted by Crippen LogP contribution is 2.29. The van der Waals surface area contributed by atoms with E-state index in [0.29, 0.717) is 50.8 Å². The molecule has 0 bridgehead atoms. The van der Waals surface area contributed by atoms with Crippen LogP contribution in [0.5, 0.6) is 0 Å². The summed E-state index contributed by atoms with van der Waals surface area (Å²) in [6, 6.07) is 5.45. The molecule has 0 spiro atoms. The average Bonchev–Trinajstić information content (AvgIpc) is 2.68. The molecule has 0 radical (unpaired) electrons. The number of carbonyl (C=O) groups excluding carboxylic acids is 1. The van der Waals surface area contributed by atoms with Crippen LogP contribution in [-0.2, 0) is 17.5 Å². The van der Waals surface area contributed by atoms with Crippen LogP contribution in [0.1, 0.15) is 11.1 Å². The van der Waals surface area contributed by atoms with Crippen molar-refractivity contribution in [1.82, 2.24) is 20.0 Å². The first-order chi connectivity index (χ1) is 13.7. The van der Waals surface area contributed by atoms with Crippen molar-refractivity contribution in [3.8, 4) is 0 Å². The van der Waals surface area contributed by atoms with Gasteiger partial charge >= 0.3 is 6.18 Å². The monoisotopic (exact) mass is 539 g/mol. The van der Waals surface area contributed by atoms with Crippen LogP contribution >= 0.6 is 24.0 Å². The molecule has 0 atom stereocenters. The van der Waals surface area contributed by atoms with E-state index in [4.69, 9.17) is 0 Å². The van der Waals surface area contributed by atoms with E-state index in [1.807, 2.05) is 0 Å². The number of nitrogens with zero attached hydrogens (tertiary/aromatic N) is 4. The lowest BCUT2D eigenvalue weighted by Gasteiger charge is -2.36. The van der Waals surface area contributed by atoms with E-state index >= 15 is 0 Å². The second-order valence-electron chi connectivity index (χ2n) is 7.06. The minimum atomic E-state index is -4.33. The molecule has 1 N–H and O–H groups in total. The summed E-state index contributed by atoms with van der Waals surface area (Å²) in [4.78, 5) is 21.9. The molecule has 1 aliphatic heterocycles. The zero-order chi connectivity index (χ0) is 21.4. The number of carbonyl (C=O) groups is 1. The Morgan fingerprint density at radius 3 is 2.50 bits per heavy atom. The molecule has 0 aliphatic carbocycles. The Kier molecular flexibility index (Phi) is 10.6. The first-order valence-electron chi connectivity index (χ1n) is 9.43. The lowest BCUT2D eigenvalue weighted by Crippen LogP contribution is -2.52. The Morgan fingerprint density at radius 1 is 1.27 bits per heavy atom. The van der Waals surface area contributed by atoms with Gasteiger partial charge in [-0.1, -0.05) is 24.3 Å². The lowest BCUT2D eigenvalue weighted by atomic mass is 10.1. The first kappa shape index (κ1) is 26.2. The van der Waals surface area contributed by atoms with E-state index in [9.17, 15) is 18.0 Å². The molecule has 1 fully saturated rings. The van der Waals surface area contributed by atoms with E-state index in [1.165, 1.54) is 17.0 Å². The second-order valence-corrected chi connectivity index (χ2v) is 7.06. The third kappa shape index (κ3) is 8.13. The Bertz CT molecular complexity index is 731. The number of nitrogens with one attached hydrogen (secondary N) is 1. The van der Waals surface area contributed by atoms with Crippen LogP contribution in [0.15, 0.2) is 41.9 Å². The smallest absolute Gasteiger partial charge is 0.353 e. The van der Waals surface area contributed by atoms with Gasteiger partial charge in [0.15, 0.2) is 5.96 Å². The van der Waals surface area contributed by atoms with Gasteiger partial charge < -0.3 is 15.1 Å². The quantitative estimate of drug-likeness (QED) is 0.262. The summed E-state index contributed by atoms with van der Waals surface area (Å²) in [7, 11) is 3.36. The number of aliphatic imine (C=N–C) groups is 1. The average molecular weight is 539 g/mol. The number of rotatable bonds is 6. The van der Waals surface area contributed by atoms with Gasteiger partial charge in [-0.3, -0.25) is 9.69 Å². The minimum Gasteiger partial charge on any atom is -0.353 e. The molecule has 2 rings (SSSR count).